The van der Waals surface area contributed by atoms with Gasteiger partial charge < -0.3 is 4.79 Å². The second kappa shape index (κ2) is 7.87. The third-order valence-electron chi connectivity index (χ3n) is 31.2. The summed E-state index contributed by atoms with van der Waals surface area (Å²) in [5.41, 5.74) is 17.9. The average molecular weight is 1040 g/mol. The van der Waals surface area contributed by atoms with Crippen molar-refractivity contribution in [1.82, 2.24) is 0 Å². The second-order valence-electron chi connectivity index (χ2n) is 31.2. The standard InChI is InChI=1S/C82H23NO/c84-17-78-15-5-7-19-12-10-18(11-13-19)6-4-14-77(16-83-20-8-2-1-3-9-20)79-69-55-49-38-30-23-21-22-24-29(23)42(49)50-39-31(24)28-33-26(22)35-34-25(21)32-27(30)36-43-51-40(32)45(34)57-58-46(35)41(33)52-44-37(28)48(39)60-64-54(44)66-62(52)72(58)81(78)71(57)61(51)65-53(43)63(59(69)47(36)38)73(79)67-68(76(66)82(78,81)75(65)67)74(64)80(77,79)70(60)56(50)55/h1-3,8-13,16-17H,4-7,14-15H2. The molecule has 2 nitrogen and oxygen atoms in total. The zero-order valence-corrected chi connectivity index (χ0v) is 43.9. The van der Waals surface area contributed by atoms with Crippen LogP contribution < -0.4 is 0 Å². The van der Waals surface area contributed by atoms with E-state index in [9.17, 15) is 0 Å². The van der Waals surface area contributed by atoms with Crippen LogP contribution in [0.15, 0.2) is 59.6 Å². The lowest BCUT2D eigenvalue weighted by Crippen LogP contribution is -2.28. The van der Waals surface area contributed by atoms with Gasteiger partial charge >= 0.3 is 0 Å². The number of benzene rings is 18. The summed E-state index contributed by atoms with van der Waals surface area (Å²) in [5, 5.41) is 74.9. The third-order valence-corrected chi connectivity index (χ3v) is 31.2. The first-order chi connectivity index (χ1) is 41.8. The van der Waals surface area contributed by atoms with E-state index in [4.69, 9.17) is 4.99 Å². The monoisotopic (exact) mass is 1040 g/mol. The van der Waals surface area contributed by atoms with Gasteiger partial charge in [-0.1, -0.05) is 42.5 Å². The SMILES string of the molecule is O=CC12CCCc3ccc(cc3)CCCC3(C=Nc4ccccc4)C45c6c7c8c9c%10c%11c%12c%13c%14c%15c%16c(c-7c7c%17c%18c(c%19c%20c4c4c6c9c6c%10c9c%12c%10c%12c%13c%13c%15c(c%16%17)c%15c%18c%16c%19c%17c%20c%18c4c6c4c9c%10c6c(c%184)c%17c4c%16c%15c%13c%12c46)C735)C81C%11%142. The molecule has 12 bridgehead atoms. The lowest BCUT2D eigenvalue weighted by atomic mass is 9.66. The van der Waals surface area contributed by atoms with Gasteiger partial charge in [0.05, 0.1) is 21.9 Å². The second-order valence-corrected chi connectivity index (χ2v) is 31.2. The Morgan fingerprint density at radius 3 is 0.810 bits per heavy atom. The zero-order chi connectivity index (χ0) is 50.8. The van der Waals surface area contributed by atoms with Crippen LogP contribution in [-0.2, 0) is 39.3 Å². The zero-order valence-electron chi connectivity index (χ0n) is 43.9. The Morgan fingerprint density at radius 2 is 0.512 bits per heavy atom. The fourth-order valence-electron chi connectivity index (χ4n) is 31.0. The summed E-state index contributed by atoms with van der Waals surface area (Å²) in [6.45, 7) is 0. The molecule has 2 fully saturated rings. The minimum Gasteiger partial charge on any atom is -0.303 e. The molecule has 0 N–H and O–H groups in total. The molecule has 3 atom stereocenters. The number of aldehydes is 1. The molecule has 14 aliphatic rings. The van der Waals surface area contributed by atoms with E-state index in [1.54, 1.807) is 310 Å². The van der Waals surface area contributed by atoms with Crippen molar-refractivity contribution < 1.29 is 4.79 Å². The number of aryl methyl sites for hydroxylation is 2. The highest BCUT2D eigenvalue weighted by Gasteiger charge is 2.99. The summed E-state index contributed by atoms with van der Waals surface area (Å²) in [6, 6.07) is 21.1. The van der Waals surface area contributed by atoms with Crippen molar-refractivity contribution >= 4 is 266 Å². The molecule has 0 heterocycles. The van der Waals surface area contributed by atoms with Gasteiger partial charge in [0.25, 0.3) is 0 Å². The first kappa shape index (κ1) is 33.6. The van der Waals surface area contributed by atoms with Crippen LogP contribution in [0.4, 0.5) is 5.69 Å². The van der Waals surface area contributed by atoms with E-state index in [1.165, 1.54) is 11.1 Å². The van der Waals surface area contributed by atoms with Crippen molar-refractivity contribution in [3.63, 3.8) is 0 Å². The molecule has 2 heteroatoms. The van der Waals surface area contributed by atoms with Gasteiger partial charge in [0.1, 0.15) is 6.29 Å². The molecule has 0 amide bonds. The average Bonchev–Trinajstić information content (AvgIpc) is 1.35. The number of nitrogens with zero attached hydrogens (tertiary/aromatic N) is 1. The molecule has 362 valence electrons. The van der Waals surface area contributed by atoms with E-state index in [1.807, 2.05) is 0 Å². The fourth-order valence-corrected chi connectivity index (χ4v) is 31.0. The quantitative estimate of drug-likeness (QED) is 0.0985. The summed E-state index contributed by atoms with van der Waals surface area (Å²) >= 11 is 0. The largest absolute Gasteiger partial charge is 0.303 e. The Balaban J connectivity index is 1.01. The topological polar surface area (TPSA) is 29.4 Å². The maximum absolute atomic E-state index is 16.5. The van der Waals surface area contributed by atoms with Crippen molar-refractivity contribution in [1.29, 1.82) is 0 Å². The summed E-state index contributed by atoms with van der Waals surface area (Å²) in [6.07, 6.45) is 10.5. The highest BCUT2D eigenvalue weighted by atomic mass is 16.1. The molecule has 0 aromatic heterocycles. The van der Waals surface area contributed by atoms with E-state index >= 15 is 4.79 Å². The number of aliphatic imine (C=N–C) groups is 1. The first-order valence-corrected chi connectivity index (χ1v) is 31.9. The van der Waals surface area contributed by atoms with Gasteiger partial charge in [0.2, 0.25) is 0 Å². The van der Waals surface area contributed by atoms with Crippen molar-refractivity contribution in [3.8, 4) is 11.1 Å². The maximum Gasteiger partial charge on any atom is 0.128 e. The van der Waals surface area contributed by atoms with E-state index in [-0.39, 0.29) is 5.41 Å². The molecule has 2 saturated carbocycles. The maximum atomic E-state index is 16.5. The fraction of sp³-hybridized carbons (Fsp3) is 0.146. The van der Waals surface area contributed by atoms with Crippen LogP contribution in [0.3, 0.4) is 0 Å². The van der Waals surface area contributed by atoms with Gasteiger partial charge in [-0.3, -0.25) is 4.99 Å². The molecule has 26 aromatic carbocycles. The minimum atomic E-state index is -0.659. The van der Waals surface area contributed by atoms with Crippen LogP contribution in [0.25, 0.3) is 259 Å². The van der Waals surface area contributed by atoms with E-state index in [0.717, 1.165) is 44.2 Å². The van der Waals surface area contributed by atoms with Gasteiger partial charge in [0, 0.05) is 22.5 Å². The Morgan fingerprint density at radius 1 is 0.274 bits per heavy atom. The normalized spacial score (nSPS) is 29.4. The van der Waals surface area contributed by atoms with Gasteiger partial charge in [-0.2, -0.15) is 0 Å². The first-order valence-electron chi connectivity index (χ1n) is 31.9. The van der Waals surface area contributed by atoms with Gasteiger partial charge in [0.15, 0.2) is 0 Å². The van der Waals surface area contributed by atoms with Gasteiger partial charge in [-0.25, -0.2) is 0 Å². The Labute approximate surface area is 465 Å². The van der Waals surface area contributed by atoms with Crippen molar-refractivity contribution in [2.45, 2.75) is 60.2 Å². The smallest absolute Gasteiger partial charge is 0.128 e. The molecule has 3 unspecified atom stereocenters. The number of para-hydroxylation sites is 1. The van der Waals surface area contributed by atoms with Gasteiger partial charge in [-0.05, 0) is 365 Å². The van der Waals surface area contributed by atoms with Crippen LogP contribution in [0.5, 0.6) is 0 Å². The molecule has 14 aliphatic carbocycles. The van der Waals surface area contributed by atoms with Crippen molar-refractivity contribution in [3.05, 3.63) is 110 Å². The van der Waals surface area contributed by atoms with E-state index < -0.39 is 27.1 Å². The van der Waals surface area contributed by atoms with Crippen LogP contribution in [0.1, 0.15) is 81.3 Å². The van der Waals surface area contributed by atoms with Crippen LogP contribution in [0.2, 0.25) is 0 Å². The molecule has 0 saturated heterocycles. The van der Waals surface area contributed by atoms with E-state index in [2.05, 4.69) is 60.8 Å². The van der Waals surface area contributed by atoms with Crippen LogP contribution in [0, 0.1) is 10.8 Å². The predicted octanol–water partition coefficient (Wildman–Crippen LogP) is 19.8. The van der Waals surface area contributed by atoms with Crippen molar-refractivity contribution in [2.75, 3.05) is 0 Å². The third kappa shape index (κ3) is 1.83. The lowest BCUT2D eigenvalue weighted by Gasteiger charge is -2.34. The molecule has 84 heavy (non-hydrogen) atoms. The molecule has 0 aliphatic heterocycles. The van der Waals surface area contributed by atoms with E-state index in [0.29, 0.717) is 0 Å². The number of carbonyl (C=O) groups excluding carboxylic acids is 1. The van der Waals surface area contributed by atoms with Crippen molar-refractivity contribution in [2.24, 2.45) is 15.8 Å². The van der Waals surface area contributed by atoms with Gasteiger partial charge in [-0.15, -0.1) is 0 Å². The highest BCUT2D eigenvalue weighted by Crippen LogP contribution is 3.02. The molecular weight excluding hydrogens is 1010 g/mol. The molecule has 26 aromatic rings. The minimum absolute atomic E-state index is 0.378. The summed E-state index contributed by atoms with van der Waals surface area (Å²) in [4.78, 5) is 22.5. The summed E-state index contributed by atoms with van der Waals surface area (Å²) in [5.74, 6) is 0. The number of hydrogen-bond acceptors (Lipinski definition) is 2. The lowest BCUT2D eigenvalue weighted by molar-refractivity contribution is -0.113. The van der Waals surface area contributed by atoms with Crippen LogP contribution >= 0.6 is 0 Å². The Hall–Kier alpha value is -9.50. The number of hydrogen-bond donors (Lipinski definition) is 0. The molecule has 4 spiro atoms. The number of rotatable bonds is 3. The number of carbonyl (C=O) groups is 1. The molecule has 0 radical (unpaired) electrons. The highest BCUT2D eigenvalue weighted by molar-refractivity contribution is 6.79. The molecular formula is C82H23NO. The van der Waals surface area contributed by atoms with Crippen LogP contribution in [-0.4, -0.2) is 12.5 Å². The molecule has 40 rings (SSSR count). The summed E-state index contributed by atoms with van der Waals surface area (Å²) in [7, 11) is 0. The summed E-state index contributed by atoms with van der Waals surface area (Å²) < 4.78 is 0. The Bertz CT molecular complexity index is 7790. The predicted molar refractivity (Wildman–Crippen MR) is 344 cm³/mol. The Kier molecular flexibility index (Phi) is 3.15.